The average Bonchev–Trinajstić information content (AvgIpc) is 3.35. The molecule has 1 aliphatic rings. The number of hydrogen-bond acceptors (Lipinski definition) is 5. The summed E-state index contributed by atoms with van der Waals surface area (Å²) in [6, 6.07) is 21.0. The Bertz CT molecular complexity index is 1360. The molecule has 5 N–H and O–H groups in total. The molecule has 1 saturated heterocycles. The number of carbonyl (C=O) groups excluding carboxylic acids is 3. The van der Waals surface area contributed by atoms with E-state index in [1.807, 2.05) is 74.5 Å². The highest BCUT2D eigenvalue weighted by atomic mass is 19.1. The molecule has 8 nitrogen and oxygen atoms in total. The third-order valence-corrected chi connectivity index (χ3v) is 8.16. The monoisotopic (exact) mass is 602 g/mol. The number of halogens is 1. The summed E-state index contributed by atoms with van der Waals surface area (Å²) < 4.78 is 13.8. The largest absolute Gasteiger partial charge is 0.390 e. The Balaban J connectivity index is 1.68. The van der Waals surface area contributed by atoms with Crippen LogP contribution in [0.1, 0.15) is 62.8 Å². The fourth-order valence-corrected chi connectivity index (χ4v) is 5.82. The van der Waals surface area contributed by atoms with E-state index in [0.717, 1.165) is 11.1 Å². The van der Waals surface area contributed by atoms with Crippen LogP contribution in [0.4, 0.5) is 4.39 Å². The summed E-state index contributed by atoms with van der Waals surface area (Å²) in [6.07, 6.45) is -0.839. The number of likely N-dealkylation sites (tertiary alicyclic amines) is 1. The normalized spacial score (nSPS) is 19.7. The van der Waals surface area contributed by atoms with Crippen LogP contribution < -0.4 is 16.4 Å². The molecule has 3 aromatic rings. The summed E-state index contributed by atoms with van der Waals surface area (Å²) >= 11 is 0. The van der Waals surface area contributed by atoms with Gasteiger partial charge in [-0.15, -0.1) is 0 Å². The van der Waals surface area contributed by atoms with E-state index in [9.17, 15) is 23.9 Å². The smallest absolute Gasteiger partial charge is 0.246 e. The van der Waals surface area contributed by atoms with Crippen LogP contribution in [-0.2, 0) is 14.4 Å². The molecule has 5 atom stereocenters. The van der Waals surface area contributed by atoms with Crippen LogP contribution in [0.25, 0.3) is 0 Å². The van der Waals surface area contributed by atoms with E-state index < -0.39 is 59.7 Å². The van der Waals surface area contributed by atoms with E-state index >= 15 is 0 Å². The molecule has 0 radical (unpaired) electrons. The topological polar surface area (TPSA) is 125 Å². The first-order valence-electron chi connectivity index (χ1n) is 15.2. The molecular formula is C35H43FN4O4. The highest BCUT2D eigenvalue weighted by Gasteiger charge is 2.49. The minimum absolute atomic E-state index is 0.00218. The molecule has 0 aromatic heterocycles. The summed E-state index contributed by atoms with van der Waals surface area (Å²) in [5.41, 5.74) is 8.38. The zero-order chi connectivity index (χ0) is 32.0. The second kappa shape index (κ2) is 14.6. The second-order valence-electron chi connectivity index (χ2n) is 12.3. The Kier molecular flexibility index (Phi) is 10.9. The van der Waals surface area contributed by atoms with Gasteiger partial charge in [-0.2, -0.15) is 0 Å². The fraction of sp³-hybridized carbons (Fsp3) is 0.400. The molecule has 44 heavy (non-hydrogen) atoms. The summed E-state index contributed by atoms with van der Waals surface area (Å²) in [5.74, 6) is -2.72. The van der Waals surface area contributed by atoms with Crippen LogP contribution in [0.15, 0.2) is 84.9 Å². The van der Waals surface area contributed by atoms with Gasteiger partial charge in [0, 0.05) is 12.5 Å². The van der Waals surface area contributed by atoms with Crippen LogP contribution in [0.5, 0.6) is 0 Å². The van der Waals surface area contributed by atoms with E-state index in [2.05, 4.69) is 10.6 Å². The van der Waals surface area contributed by atoms with Crippen LogP contribution in [0.3, 0.4) is 0 Å². The molecular weight excluding hydrogens is 559 g/mol. The van der Waals surface area contributed by atoms with Crippen molar-refractivity contribution in [3.63, 3.8) is 0 Å². The highest BCUT2D eigenvalue weighted by Crippen LogP contribution is 2.34. The zero-order valence-electron chi connectivity index (χ0n) is 25.7. The van der Waals surface area contributed by atoms with Crippen molar-refractivity contribution in [2.24, 2.45) is 17.6 Å². The number of carbonyl (C=O) groups is 3. The molecule has 1 heterocycles. The summed E-state index contributed by atoms with van der Waals surface area (Å²) in [6.45, 7) is 7.52. The predicted octanol–water partition coefficient (Wildman–Crippen LogP) is 3.90. The minimum atomic E-state index is -1.29. The number of rotatable bonds is 11. The highest BCUT2D eigenvalue weighted by molar-refractivity contribution is 5.94. The number of aliphatic hydroxyl groups excluding tert-OH is 1. The van der Waals surface area contributed by atoms with Gasteiger partial charge in [0.1, 0.15) is 17.9 Å². The van der Waals surface area contributed by atoms with Crippen molar-refractivity contribution in [2.75, 3.05) is 6.54 Å². The maximum Gasteiger partial charge on any atom is 0.246 e. The molecule has 0 spiro atoms. The van der Waals surface area contributed by atoms with Crippen molar-refractivity contribution in [3.05, 3.63) is 107 Å². The van der Waals surface area contributed by atoms with Crippen LogP contribution >= 0.6 is 0 Å². The van der Waals surface area contributed by atoms with Crippen molar-refractivity contribution in [1.29, 1.82) is 0 Å². The molecule has 1 unspecified atom stereocenters. The van der Waals surface area contributed by atoms with Crippen molar-refractivity contribution in [1.82, 2.24) is 15.5 Å². The van der Waals surface area contributed by atoms with Gasteiger partial charge in [0.15, 0.2) is 0 Å². The number of amides is 3. The summed E-state index contributed by atoms with van der Waals surface area (Å²) in [4.78, 5) is 42.7. The van der Waals surface area contributed by atoms with Crippen LogP contribution in [0, 0.1) is 17.7 Å². The zero-order valence-corrected chi connectivity index (χ0v) is 25.7. The Hall–Kier alpha value is -4.08. The van der Waals surface area contributed by atoms with Gasteiger partial charge in [0.25, 0.3) is 0 Å². The SMILES string of the molecule is CC(C)C[C@H](N)C(=O)N[C@H](C(=O)N1C[C@H](c2ccc(F)cc2)[C@@H](O)C1C(=O)NC(c1ccccc1)c1ccccc1)C(C)C. The van der Waals surface area contributed by atoms with E-state index in [1.54, 1.807) is 26.0 Å². The van der Waals surface area contributed by atoms with Crippen molar-refractivity contribution in [2.45, 2.75) is 70.3 Å². The van der Waals surface area contributed by atoms with E-state index in [4.69, 9.17) is 5.73 Å². The number of hydrogen-bond donors (Lipinski definition) is 4. The second-order valence-corrected chi connectivity index (χ2v) is 12.3. The first-order valence-corrected chi connectivity index (χ1v) is 15.2. The van der Waals surface area contributed by atoms with Gasteiger partial charge in [-0.1, -0.05) is 100 Å². The van der Waals surface area contributed by atoms with Gasteiger partial charge in [0.2, 0.25) is 17.7 Å². The molecule has 1 fully saturated rings. The maximum atomic E-state index is 14.2. The number of nitrogens with one attached hydrogen (secondary N) is 2. The standard InChI is InChI=1S/C35H43FN4O4/c1-21(2)19-28(37)33(42)38-29(22(3)4)35(44)40-20-27(23-15-17-26(36)18-16-23)32(41)31(40)34(43)39-30(24-11-7-5-8-12-24)25-13-9-6-10-14-25/h5-18,21-22,27-32,41H,19-20,37H2,1-4H3,(H,38,42)(H,39,43)/t27-,28+,29+,31?,32-/m1/s1. The quantitative estimate of drug-likeness (QED) is 0.265. The Morgan fingerprint density at radius 1 is 0.886 bits per heavy atom. The van der Waals surface area contributed by atoms with Gasteiger partial charge >= 0.3 is 0 Å². The molecule has 3 aromatic carbocycles. The molecule has 234 valence electrons. The molecule has 0 bridgehead atoms. The lowest BCUT2D eigenvalue weighted by Crippen LogP contribution is -2.58. The van der Waals surface area contributed by atoms with Crippen LogP contribution in [0.2, 0.25) is 0 Å². The van der Waals surface area contributed by atoms with Gasteiger partial charge in [-0.3, -0.25) is 14.4 Å². The van der Waals surface area contributed by atoms with Crippen molar-refractivity contribution >= 4 is 17.7 Å². The van der Waals surface area contributed by atoms with E-state index in [0.29, 0.717) is 12.0 Å². The number of benzene rings is 3. The van der Waals surface area contributed by atoms with Gasteiger partial charge < -0.3 is 26.4 Å². The first-order chi connectivity index (χ1) is 21.0. The lowest BCUT2D eigenvalue weighted by Gasteiger charge is -2.32. The molecule has 3 amide bonds. The van der Waals surface area contributed by atoms with E-state index in [-0.39, 0.29) is 18.4 Å². The predicted molar refractivity (Wildman–Crippen MR) is 168 cm³/mol. The number of nitrogens with two attached hydrogens (primary N) is 1. The van der Waals surface area contributed by atoms with Crippen molar-refractivity contribution in [3.8, 4) is 0 Å². The molecule has 0 saturated carbocycles. The van der Waals surface area contributed by atoms with Crippen LogP contribution in [-0.4, -0.2) is 58.5 Å². The van der Waals surface area contributed by atoms with Gasteiger partial charge in [-0.05, 0) is 47.1 Å². The summed E-state index contributed by atoms with van der Waals surface area (Å²) in [5, 5.41) is 17.5. The molecule has 9 heteroatoms. The lowest BCUT2D eigenvalue weighted by atomic mass is 9.92. The average molecular weight is 603 g/mol. The minimum Gasteiger partial charge on any atom is -0.390 e. The fourth-order valence-electron chi connectivity index (χ4n) is 5.82. The maximum absolute atomic E-state index is 14.2. The summed E-state index contributed by atoms with van der Waals surface area (Å²) in [7, 11) is 0. The Morgan fingerprint density at radius 3 is 1.93 bits per heavy atom. The molecule has 0 aliphatic carbocycles. The van der Waals surface area contributed by atoms with Gasteiger partial charge in [0.05, 0.1) is 18.2 Å². The van der Waals surface area contributed by atoms with Crippen molar-refractivity contribution < 1.29 is 23.9 Å². The number of aliphatic hydroxyl groups is 1. The molecule has 4 rings (SSSR count). The number of nitrogens with zero attached hydrogens (tertiary/aromatic N) is 1. The molecule has 1 aliphatic heterocycles. The Labute approximate surface area is 258 Å². The third-order valence-electron chi connectivity index (χ3n) is 8.16. The first kappa shape index (κ1) is 32.8. The van der Waals surface area contributed by atoms with Gasteiger partial charge in [-0.25, -0.2) is 4.39 Å². The lowest BCUT2D eigenvalue weighted by molar-refractivity contribution is -0.144. The van der Waals surface area contributed by atoms with E-state index in [1.165, 1.54) is 17.0 Å². The Morgan fingerprint density at radius 2 is 1.43 bits per heavy atom. The third kappa shape index (κ3) is 7.70.